The van der Waals surface area contributed by atoms with Gasteiger partial charge in [-0.15, -0.1) is 0 Å². The second kappa shape index (κ2) is 8.35. The summed E-state index contributed by atoms with van der Waals surface area (Å²) in [5.41, 5.74) is 1.67. The van der Waals surface area contributed by atoms with E-state index in [1.165, 1.54) is 0 Å². The molecule has 0 N–H and O–H groups in total. The van der Waals surface area contributed by atoms with Gasteiger partial charge in [0.05, 0.1) is 0 Å². The maximum Gasteiger partial charge on any atom is 1.00 e. The summed E-state index contributed by atoms with van der Waals surface area (Å²) >= 11 is 0. The quantitative estimate of drug-likeness (QED) is 0.409. The van der Waals surface area contributed by atoms with Gasteiger partial charge in [0.2, 0.25) is 0 Å². The number of carbonyl (C=O) groups is 1. The van der Waals surface area contributed by atoms with Crippen LogP contribution < -0.4 is 69.1 Å². The van der Waals surface area contributed by atoms with Gasteiger partial charge >= 0.3 is 59.1 Å². The van der Waals surface area contributed by atoms with Gasteiger partial charge in [0.15, 0.2) is 0 Å². The van der Waals surface area contributed by atoms with Crippen molar-refractivity contribution in [3.05, 3.63) is 35.4 Å². The summed E-state index contributed by atoms with van der Waals surface area (Å²) in [4.78, 5) is 22.3. The molecule has 2 rings (SSSR count). The SMILES string of the molecule is O=C([O-])CCP(=O)([O-])C1Cc2ccccc2C1.[Na+].[Na+]. The monoisotopic (exact) mass is 298 g/mol. The third-order valence-electron chi connectivity index (χ3n) is 3.21. The summed E-state index contributed by atoms with van der Waals surface area (Å²) < 4.78 is 11.9. The van der Waals surface area contributed by atoms with Crippen LogP contribution in [-0.2, 0) is 22.2 Å². The topological polar surface area (TPSA) is 80.3 Å². The average Bonchev–Trinajstić information content (AvgIpc) is 2.71. The van der Waals surface area contributed by atoms with E-state index in [1.807, 2.05) is 24.3 Å². The minimum atomic E-state index is -3.65. The molecule has 0 saturated carbocycles. The van der Waals surface area contributed by atoms with Gasteiger partial charge in [-0.2, -0.15) is 0 Å². The fraction of sp³-hybridized carbons (Fsp3) is 0.417. The van der Waals surface area contributed by atoms with E-state index < -0.39 is 25.4 Å². The maximum absolute atomic E-state index is 11.9. The molecule has 1 atom stereocenters. The van der Waals surface area contributed by atoms with Gasteiger partial charge in [0.1, 0.15) is 0 Å². The number of carbonyl (C=O) groups excluding carboxylic acids is 1. The number of aliphatic carboxylic acids is 1. The molecule has 0 heterocycles. The van der Waals surface area contributed by atoms with Gasteiger partial charge in [0, 0.05) is 19.0 Å². The Morgan fingerprint density at radius 3 is 2.11 bits per heavy atom. The molecule has 0 spiro atoms. The summed E-state index contributed by atoms with van der Waals surface area (Å²) in [5.74, 6) is -1.31. The molecule has 1 aromatic rings. The molecular weight excluding hydrogens is 285 g/mol. The van der Waals surface area contributed by atoms with Gasteiger partial charge in [-0.1, -0.05) is 24.3 Å². The van der Waals surface area contributed by atoms with Crippen LogP contribution in [0, 0.1) is 0 Å². The van der Waals surface area contributed by atoms with E-state index in [0.29, 0.717) is 12.8 Å². The van der Waals surface area contributed by atoms with Gasteiger partial charge in [-0.25, -0.2) is 0 Å². The van der Waals surface area contributed by atoms with Gasteiger partial charge < -0.3 is 19.4 Å². The number of hydrogen-bond acceptors (Lipinski definition) is 4. The molecule has 92 valence electrons. The molecule has 1 unspecified atom stereocenters. The van der Waals surface area contributed by atoms with Gasteiger partial charge in [-0.05, 0) is 36.6 Å². The Morgan fingerprint density at radius 1 is 1.21 bits per heavy atom. The number of rotatable bonds is 4. The molecular formula is C12H13Na2O4P. The summed E-state index contributed by atoms with van der Waals surface area (Å²) in [6.45, 7) is 0. The summed E-state index contributed by atoms with van der Waals surface area (Å²) in [6.07, 6.45) is 0.301. The third-order valence-corrected chi connectivity index (χ3v) is 5.54. The van der Waals surface area contributed by atoms with E-state index in [9.17, 15) is 19.4 Å². The van der Waals surface area contributed by atoms with Crippen molar-refractivity contribution in [2.45, 2.75) is 24.9 Å². The van der Waals surface area contributed by atoms with Crippen molar-refractivity contribution in [3.63, 3.8) is 0 Å². The van der Waals surface area contributed by atoms with E-state index >= 15 is 0 Å². The van der Waals surface area contributed by atoms with Crippen molar-refractivity contribution in [1.82, 2.24) is 0 Å². The van der Waals surface area contributed by atoms with Crippen LogP contribution in [0.25, 0.3) is 0 Å². The van der Waals surface area contributed by atoms with Crippen molar-refractivity contribution in [1.29, 1.82) is 0 Å². The van der Waals surface area contributed by atoms with Crippen molar-refractivity contribution < 1.29 is 78.5 Å². The first-order chi connectivity index (χ1) is 7.99. The normalized spacial score (nSPS) is 16.7. The van der Waals surface area contributed by atoms with E-state index in [1.54, 1.807) is 0 Å². The maximum atomic E-state index is 11.9. The fourth-order valence-corrected chi connectivity index (χ4v) is 4.05. The standard InChI is InChI=1S/C12H15O4P.2Na/c13-12(14)5-6-17(15,16)11-7-9-3-1-2-4-10(9)8-11;;/h1-4,11H,5-8H2,(H,13,14)(H,15,16);;/q;2*+1/p-2. The molecule has 4 nitrogen and oxygen atoms in total. The first kappa shape index (κ1) is 19.9. The summed E-state index contributed by atoms with van der Waals surface area (Å²) in [7, 11) is -3.65. The van der Waals surface area contributed by atoms with Crippen molar-refractivity contribution in [2.75, 3.05) is 6.16 Å². The van der Waals surface area contributed by atoms with Crippen LogP contribution in [0.2, 0.25) is 0 Å². The van der Waals surface area contributed by atoms with Crippen LogP contribution in [0.5, 0.6) is 0 Å². The Balaban J connectivity index is 0.00000162. The molecule has 19 heavy (non-hydrogen) atoms. The molecule has 0 fully saturated rings. The van der Waals surface area contributed by atoms with Gasteiger partial charge in [0.25, 0.3) is 0 Å². The van der Waals surface area contributed by atoms with Crippen LogP contribution in [0.4, 0.5) is 0 Å². The zero-order chi connectivity index (χ0) is 12.5. The van der Waals surface area contributed by atoms with Crippen LogP contribution in [0.1, 0.15) is 17.5 Å². The molecule has 0 aliphatic heterocycles. The number of hydrogen-bond donors (Lipinski definition) is 0. The van der Waals surface area contributed by atoms with E-state index in [0.717, 1.165) is 11.1 Å². The third kappa shape index (κ3) is 5.29. The van der Waals surface area contributed by atoms with Gasteiger partial charge in [-0.3, -0.25) is 0 Å². The average molecular weight is 298 g/mol. The van der Waals surface area contributed by atoms with Crippen molar-refractivity contribution in [3.8, 4) is 0 Å². The summed E-state index contributed by atoms with van der Waals surface area (Å²) in [6, 6.07) is 7.62. The van der Waals surface area contributed by atoms with E-state index in [4.69, 9.17) is 0 Å². The molecule has 0 aromatic heterocycles. The Hall–Kier alpha value is 0.880. The number of fused-ring (bicyclic) bond motifs is 1. The van der Waals surface area contributed by atoms with E-state index in [2.05, 4.69) is 0 Å². The zero-order valence-electron chi connectivity index (χ0n) is 11.3. The largest absolute Gasteiger partial charge is 1.00 e. The van der Waals surface area contributed by atoms with Crippen molar-refractivity contribution >= 4 is 13.3 Å². The molecule has 0 bridgehead atoms. The molecule has 0 saturated heterocycles. The predicted octanol–water partition coefficient (Wildman–Crippen LogP) is -6.06. The molecule has 7 heteroatoms. The van der Waals surface area contributed by atoms with Crippen LogP contribution in [0.3, 0.4) is 0 Å². The fourth-order valence-electron chi connectivity index (χ4n) is 2.24. The first-order valence-corrected chi connectivity index (χ1v) is 7.43. The minimum absolute atomic E-state index is 0. The smallest absolute Gasteiger partial charge is 0.799 e. The number of benzene rings is 1. The minimum Gasteiger partial charge on any atom is -0.799 e. The predicted molar refractivity (Wildman–Crippen MR) is 59.7 cm³/mol. The van der Waals surface area contributed by atoms with Crippen LogP contribution >= 0.6 is 7.37 Å². The Kier molecular flexibility index (Phi) is 8.74. The molecule has 1 aliphatic rings. The number of carboxylic acids is 1. The molecule has 0 amide bonds. The second-order valence-corrected chi connectivity index (χ2v) is 7.03. The molecule has 1 aromatic carbocycles. The van der Waals surface area contributed by atoms with Crippen molar-refractivity contribution in [2.24, 2.45) is 0 Å². The Bertz CT molecular complexity index is 467. The molecule has 1 aliphatic carbocycles. The van der Waals surface area contributed by atoms with Crippen LogP contribution in [-0.4, -0.2) is 17.8 Å². The Morgan fingerprint density at radius 2 is 1.68 bits per heavy atom. The van der Waals surface area contributed by atoms with E-state index in [-0.39, 0.29) is 65.3 Å². The Labute approximate surface area is 157 Å². The number of carboxylic acid groups (broad SMARTS) is 1. The first-order valence-electron chi connectivity index (χ1n) is 5.55. The zero-order valence-corrected chi connectivity index (χ0v) is 16.2. The summed E-state index contributed by atoms with van der Waals surface area (Å²) in [5, 5.41) is 10.3. The van der Waals surface area contributed by atoms with Crippen LogP contribution in [0.15, 0.2) is 24.3 Å². The molecule has 0 radical (unpaired) electrons. The second-order valence-electron chi connectivity index (χ2n) is 4.40.